The molecule has 148 valence electrons. The maximum Gasteiger partial charge on any atom is 0.203 e. The zero-order chi connectivity index (χ0) is 19.2. The summed E-state index contributed by atoms with van der Waals surface area (Å²) < 4.78 is 10.5. The number of aromatic hydroxyl groups is 1. The van der Waals surface area contributed by atoms with Crippen molar-refractivity contribution in [3.63, 3.8) is 0 Å². The first-order valence-corrected chi connectivity index (χ1v) is 9.38. The molecule has 6 heteroatoms. The number of aliphatic hydroxyl groups excluding tert-OH is 1. The average Bonchev–Trinajstić information content (AvgIpc) is 2.62. The summed E-state index contributed by atoms with van der Waals surface area (Å²) >= 11 is 0. The molecule has 0 amide bonds. The van der Waals surface area contributed by atoms with Crippen molar-refractivity contribution in [2.75, 3.05) is 53.6 Å². The quantitative estimate of drug-likeness (QED) is 0.699. The van der Waals surface area contributed by atoms with Gasteiger partial charge in [-0.2, -0.15) is 0 Å². The van der Waals surface area contributed by atoms with Crippen molar-refractivity contribution in [3.8, 4) is 17.2 Å². The molecule has 0 radical (unpaired) electrons. The molecule has 0 aromatic heterocycles. The Labute approximate surface area is 157 Å². The third-order valence-electron chi connectivity index (χ3n) is 5.36. The lowest BCUT2D eigenvalue weighted by molar-refractivity contribution is 0.107. The van der Waals surface area contributed by atoms with Gasteiger partial charge in [0.05, 0.1) is 14.2 Å². The van der Waals surface area contributed by atoms with E-state index in [4.69, 9.17) is 14.6 Å². The van der Waals surface area contributed by atoms with Crippen molar-refractivity contribution in [3.05, 3.63) is 17.7 Å². The van der Waals surface area contributed by atoms with E-state index in [1.54, 1.807) is 14.2 Å². The highest BCUT2D eigenvalue weighted by Gasteiger charge is 2.23. The topological polar surface area (TPSA) is 65.4 Å². The smallest absolute Gasteiger partial charge is 0.203 e. The summed E-state index contributed by atoms with van der Waals surface area (Å²) in [5.74, 6) is 1.11. The molecule has 1 aromatic rings. The van der Waals surface area contributed by atoms with Gasteiger partial charge in [0.1, 0.15) is 0 Å². The van der Waals surface area contributed by atoms with Crippen molar-refractivity contribution >= 4 is 0 Å². The predicted molar refractivity (Wildman–Crippen MR) is 103 cm³/mol. The van der Waals surface area contributed by atoms with Gasteiger partial charge < -0.3 is 24.6 Å². The van der Waals surface area contributed by atoms with E-state index in [1.807, 2.05) is 12.1 Å². The Hall–Kier alpha value is -1.50. The molecule has 0 spiro atoms. The van der Waals surface area contributed by atoms with E-state index in [9.17, 15) is 5.11 Å². The fourth-order valence-electron chi connectivity index (χ4n) is 3.38. The number of methoxy groups -OCH3 is 2. The SMILES string of the molecule is COc1ccc(CN2CCN(CCC(C)(C)CCO)CC2)c(O)c1OC. The second kappa shape index (κ2) is 9.44. The molecule has 26 heavy (non-hydrogen) atoms. The molecule has 0 unspecified atom stereocenters. The first kappa shape index (κ1) is 20.8. The minimum absolute atomic E-state index is 0.167. The van der Waals surface area contributed by atoms with E-state index in [0.717, 1.165) is 51.1 Å². The highest BCUT2D eigenvalue weighted by Crippen LogP contribution is 2.39. The van der Waals surface area contributed by atoms with Crippen LogP contribution < -0.4 is 9.47 Å². The first-order chi connectivity index (χ1) is 12.4. The van der Waals surface area contributed by atoms with Gasteiger partial charge in [0.25, 0.3) is 0 Å². The van der Waals surface area contributed by atoms with Crippen LogP contribution in [-0.2, 0) is 6.54 Å². The van der Waals surface area contributed by atoms with E-state index in [0.29, 0.717) is 18.0 Å². The third kappa shape index (κ3) is 5.50. The van der Waals surface area contributed by atoms with Crippen LogP contribution in [0.2, 0.25) is 0 Å². The fraction of sp³-hybridized carbons (Fsp3) is 0.700. The lowest BCUT2D eigenvalue weighted by Gasteiger charge is -2.36. The van der Waals surface area contributed by atoms with E-state index in [2.05, 4.69) is 23.6 Å². The van der Waals surface area contributed by atoms with Crippen molar-refractivity contribution in [2.24, 2.45) is 5.41 Å². The number of ether oxygens (including phenoxy) is 2. The van der Waals surface area contributed by atoms with Gasteiger partial charge in [0, 0.05) is 44.9 Å². The molecule has 2 rings (SSSR count). The number of benzene rings is 1. The molecule has 1 fully saturated rings. The van der Waals surface area contributed by atoms with E-state index in [-0.39, 0.29) is 17.8 Å². The normalized spacial score (nSPS) is 16.7. The lowest BCUT2D eigenvalue weighted by atomic mass is 9.86. The van der Waals surface area contributed by atoms with Crippen molar-refractivity contribution in [1.29, 1.82) is 0 Å². The van der Waals surface area contributed by atoms with Gasteiger partial charge >= 0.3 is 0 Å². The summed E-state index contributed by atoms with van der Waals surface area (Å²) in [5, 5.41) is 19.6. The molecule has 0 bridgehead atoms. The molecule has 2 N–H and O–H groups in total. The number of hydrogen-bond acceptors (Lipinski definition) is 6. The van der Waals surface area contributed by atoms with Crippen molar-refractivity contribution < 1.29 is 19.7 Å². The van der Waals surface area contributed by atoms with E-state index < -0.39 is 0 Å². The molecule has 0 aliphatic carbocycles. The number of rotatable bonds is 9. The Morgan fingerprint density at radius 2 is 1.65 bits per heavy atom. The molecule has 1 saturated heterocycles. The Bertz CT molecular complexity index is 569. The van der Waals surface area contributed by atoms with Crippen molar-refractivity contribution in [1.82, 2.24) is 9.80 Å². The second-order valence-corrected chi connectivity index (χ2v) is 7.81. The van der Waals surface area contributed by atoms with Crippen LogP contribution >= 0.6 is 0 Å². The highest BCUT2D eigenvalue weighted by molar-refractivity contribution is 5.54. The van der Waals surface area contributed by atoms with E-state index >= 15 is 0 Å². The standard InChI is InChI=1S/C20H34N2O4/c1-20(2,8-14-23)7-9-21-10-12-22(13-11-21)15-16-5-6-17(25-3)19(26-4)18(16)24/h5-6,23-24H,7-15H2,1-4H3. The Morgan fingerprint density at radius 3 is 2.23 bits per heavy atom. The van der Waals surface area contributed by atoms with Crippen LogP contribution in [-0.4, -0.2) is 73.6 Å². The summed E-state index contributed by atoms with van der Waals surface area (Å²) in [7, 11) is 3.11. The molecule has 1 aromatic carbocycles. The third-order valence-corrected chi connectivity index (χ3v) is 5.36. The van der Waals surface area contributed by atoms with Crippen LogP contribution in [0.25, 0.3) is 0 Å². The molecule has 6 nitrogen and oxygen atoms in total. The number of hydrogen-bond donors (Lipinski definition) is 2. The zero-order valence-corrected chi connectivity index (χ0v) is 16.6. The molecular formula is C20H34N2O4. The summed E-state index contributed by atoms with van der Waals surface area (Å²) in [6.07, 6.45) is 1.95. The summed E-state index contributed by atoms with van der Waals surface area (Å²) in [5.41, 5.74) is 1.05. The van der Waals surface area contributed by atoms with Gasteiger partial charge in [0.15, 0.2) is 11.5 Å². The number of nitrogens with zero attached hydrogens (tertiary/aromatic N) is 2. The van der Waals surface area contributed by atoms with Crippen LogP contribution in [0.5, 0.6) is 17.2 Å². The summed E-state index contributed by atoms with van der Waals surface area (Å²) in [6.45, 7) is 10.5. The average molecular weight is 367 g/mol. The Morgan fingerprint density at radius 1 is 1.00 bits per heavy atom. The maximum atomic E-state index is 10.4. The largest absolute Gasteiger partial charge is 0.504 e. The van der Waals surface area contributed by atoms with Crippen molar-refractivity contribution in [2.45, 2.75) is 33.2 Å². The van der Waals surface area contributed by atoms with Crippen LogP contribution in [0.4, 0.5) is 0 Å². The van der Waals surface area contributed by atoms with Gasteiger partial charge in [-0.25, -0.2) is 0 Å². The predicted octanol–water partition coefficient (Wildman–Crippen LogP) is 2.33. The molecule has 1 heterocycles. The molecule has 0 atom stereocenters. The maximum absolute atomic E-state index is 10.4. The van der Waals surface area contributed by atoms with Crippen LogP contribution in [0.15, 0.2) is 12.1 Å². The van der Waals surface area contributed by atoms with Gasteiger partial charge in [-0.05, 0) is 30.9 Å². The Balaban J connectivity index is 1.85. The lowest BCUT2D eigenvalue weighted by Crippen LogP contribution is -2.46. The summed E-state index contributed by atoms with van der Waals surface area (Å²) in [6, 6.07) is 3.74. The van der Waals surface area contributed by atoms with Gasteiger partial charge in [0.2, 0.25) is 5.75 Å². The Kier molecular flexibility index (Phi) is 7.55. The summed E-state index contributed by atoms with van der Waals surface area (Å²) in [4.78, 5) is 4.85. The number of phenols is 1. The fourth-order valence-corrected chi connectivity index (χ4v) is 3.38. The molecular weight excluding hydrogens is 332 g/mol. The minimum Gasteiger partial charge on any atom is -0.504 e. The molecule has 1 aliphatic heterocycles. The van der Waals surface area contributed by atoms with E-state index in [1.165, 1.54) is 0 Å². The van der Waals surface area contributed by atoms with Gasteiger partial charge in [-0.1, -0.05) is 19.9 Å². The minimum atomic E-state index is 0.167. The number of piperazine rings is 1. The van der Waals surface area contributed by atoms with Gasteiger partial charge in [-0.15, -0.1) is 0 Å². The molecule has 0 saturated carbocycles. The number of aliphatic hydroxyl groups is 1. The van der Waals surface area contributed by atoms with Crippen LogP contribution in [0.3, 0.4) is 0 Å². The molecule has 1 aliphatic rings. The number of phenolic OH excluding ortho intramolecular Hbond substituents is 1. The second-order valence-electron chi connectivity index (χ2n) is 7.81. The first-order valence-electron chi connectivity index (χ1n) is 9.38. The zero-order valence-electron chi connectivity index (χ0n) is 16.6. The van der Waals surface area contributed by atoms with Crippen LogP contribution in [0.1, 0.15) is 32.3 Å². The highest BCUT2D eigenvalue weighted by atomic mass is 16.5. The van der Waals surface area contributed by atoms with Crippen LogP contribution in [0, 0.1) is 5.41 Å². The monoisotopic (exact) mass is 366 g/mol. The van der Waals surface area contributed by atoms with Gasteiger partial charge in [-0.3, -0.25) is 4.90 Å².